The molecule has 18 heavy (non-hydrogen) atoms. The Morgan fingerprint density at radius 1 is 0.889 bits per heavy atom. The van der Waals surface area contributed by atoms with Gasteiger partial charge >= 0.3 is 0 Å². The number of rotatable bonds is 5. The van der Waals surface area contributed by atoms with Crippen molar-refractivity contribution in [3.63, 3.8) is 0 Å². The SMILES string of the molecule is COc1cc(/C=C/[Si](C)(C)C)cc(OC)c1OC. The van der Waals surface area contributed by atoms with E-state index in [1.165, 1.54) is 0 Å². The second-order valence-electron chi connectivity index (χ2n) is 5.16. The molecule has 100 valence electrons. The van der Waals surface area contributed by atoms with Gasteiger partial charge in [0.05, 0.1) is 29.4 Å². The number of hydrogen-bond donors (Lipinski definition) is 0. The van der Waals surface area contributed by atoms with E-state index in [1.807, 2.05) is 12.1 Å². The highest BCUT2D eigenvalue weighted by atomic mass is 28.3. The van der Waals surface area contributed by atoms with E-state index in [2.05, 4.69) is 31.4 Å². The van der Waals surface area contributed by atoms with Crippen molar-refractivity contribution in [2.75, 3.05) is 21.3 Å². The summed E-state index contributed by atoms with van der Waals surface area (Å²) >= 11 is 0. The first kappa shape index (κ1) is 14.6. The first-order valence-corrected chi connectivity index (χ1v) is 9.48. The van der Waals surface area contributed by atoms with Gasteiger partial charge in [0, 0.05) is 0 Å². The Hall–Kier alpha value is -1.42. The minimum Gasteiger partial charge on any atom is -0.493 e. The summed E-state index contributed by atoms with van der Waals surface area (Å²) in [6.07, 6.45) is 2.12. The Kier molecular flexibility index (Phi) is 4.84. The van der Waals surface area contributed by atoms with Crippen molar-refractivity contribution < 1.29 is 14.2 Å². The third-order valence-corrected chi connectivity index (χ3v) is 3.63. The molecule has 0 aromatic heterocycles. The van der Waals surface area contributed by atoms with Gasteiger partial charge in [0.15, 0.2) is 11.5 Å². The summed E-state index contributed by atoms with van der Waals surface area (Å²) in [5, 5.41) is 0. The van der Waals surface area contributed by atoms with Crippen LogP contribution >= 0.6 is 0 Å². The molecule has 0 unspecified atom stereocenters. The largest absolute Gasteiger partial charge is 0.493 e. The molecule has 0 bridgehead atoms. The topological polar surface area (TPSA) is 27.7 Å². The summed E-state index contributed by atoms with van der Waals surface area (Å²) in [7, 11) is 3.66. The molecule has 0 heterocycles. The fourth-order valence-electron chi connectivity index (χ4n) is 1.54. The number of hydrogen-bond acceptors (Lipinski definition) is 3. The predicted molar refractivity (Wildman–Crippen MR) is 78.5 cm³/mol. The summed E-state index contributed by atoms with van der Waals surface area (Å²) in [6.45, 7) is 6.88. The molecule has 0 saturated carbocycles. The Bertz CT molecular complexity index is 408. The van der Waals surface area contributed by atoms with Crippen LogP contribution < -0.4 is 14.2 Å². The molecule has 4 heteroatoms. The fraction of sp³-hybridized carbons (Fsp3) is 0.429. The van der Waals surface area contributed by atoms with Crippen molar-refractivity contribution >= 4 is 14.1 Å². The van der Waals surface area contributed by atoms with E-state index < -0.39 is 8.07 Å². The van der Waals surface area contributed by atoms with Gasteiger partial charge in [-0.25, -0.2) is 0 Å². The van der Waals surface area contributed by atoms with E-state index in [0.717, 1.165) is 5.56 Å². The molecule has 0 N–H and O–H groups in total. The van der Waals surface area contributed by atoms with Crippen LogP contribution in [0.3, 0.4) is 0 Å². The Morgan fingerprint density at radius 2 is 1.39 bits per heavy atom. The van der Waals surface area contributed by atoms with Crippen LogP contribution in [-0.2, 0) is 0 Å². The van der Waals surface area contributed by atoms with Crippen molar-refractivity contribution in [1.82, 2.24) is 0 Å². The van der Waals surface area contributed by atoms with Gasteiger partial charge in [-0.1, -0.05) is 31.4 Å². The average molecular weight is 266 g/mol. The van der Waals surface area contributed by atoms with E-state index in [0.29, 0.717) is 17.2 Å². The molecule has 3 nitrogen and oxygen atoms in total. The Labute approximate surface area is 110 Å². The lowest BCUT2D eigenvalue weighted by atomic mass is 10.2. The van der Waals surface area contributed by atoms with Crippen molar-refractivity contribution in [2.24, 2.45) is 0 Å². The third kappa shape index (κ3) is 3.80. The molecule has 1 aromatic rings. The smallest absolute Gasteiger partial charge is 0.203 e. The van der Waals surface area contributed by atoms with Crippen LogP contribution in [0.25, 0.3) is 6.08 Å². The van der Waals surface area contributed by atoms with E-state index in [4.69, 9.17) is 14.2 Å². The molecular formula is C14H22O3Si. The van der Waals surface area contributed by atoms with Gasteiger partial charge in [0.1, 0.15) is 0 Å². The second kappa shape index (κ2) is 5.95. The van der Waals surface area contributed by atoms with Crippen LogP contribution in [0, 0.1) is 0 Å². The van der Waals surface area contributed by atoms with Gasteiger partial charge in [0.2, 0.25) is 5.75 Å². The van der Waals surface area contributed by atoms with Crippen LogP contribution in [0.2, 0.25) is 19.6 Å². The van der Waals surface area contributed by atoms with Crippen molar-refractivity contribution in [3.8, 4) is 17.2 Å². The summed E-state index contributed by atoms with van der Waals surface area (Å²) < 4.78 is 15.9. The molecule has 0 amide bonds. The molecular weight excluding hydrogens is 244 g/mol. The van der Waals surface area contributed by atoms with Crippen molar-refractivity contribution in [3.05, 3.63) is 23.4 Å². The zero-order chi connectivity index (χ0) is 13.8. The highest BCUT2D eigenvalue weighted by molar-refractivity contribution is 6.81. The normalized spacial score (nSPS) is 11.7. The molecule has 1 aromatic carbocycles. The second-order valence-corrected chi connectivity index (χ2v) is 10.2. The number of benzene rings is 1. The van der Waals surface area contributed by atoms with Gasteiger partial charge in [-0.3, -0.25) is 0 Å². The quantitative estimate of drug-likeness (QED) is 0.762. The summed E-state index contributed by atoms with van der Waals surface area (Å²) in [4.78, 5) is 0. The molecule has 0 aliphatic rings. The molecule has 0 aliphatic heterocycles. The third-order valence-electron chi connectivity index (χ3n) is 2.46. The Morgan fingerprint density at radius 3 is 1.72 bits per heavy atom. The highest BCUT2D eigenvalue weighted by Gasteiger charge is 2.13. The lowest BCUT2D eigenvalue weighted by Gasteiger charge is -2.13. The maximum atomic E-state index is 5.32. The van der Waals surface area contributed by atoms with Crippen molar-refractivity contribution in [1.29, 1.82) is 0 Å². The zero-order valence-corrected chi connectivity index (χ0v) is 13.0. The fourth-order valence-corrected chi connectivity index (χ4v) is 2.24. The van der Waals surface area contributed by atoms with Gasteiger partial charge in [0.25, 0.3) is 0 Å². The molecule has 0 radical (unpaired) electrons. The molecule has 0 aliphatic carbocycles. The van der Waals surface area contributed by atoms with Crippen LogP contribution in [0.5, 0.6) is 17.2 Å². The van der Waals surface area contributed by atoms with Crippen LogP contribution in [0.1, 0.15) is 5.56 Å². The van der Waals surface area contributed by atoms with E-state index in [9.17, 15) is 0 Å². The summed E-state index contributed by atoms with van der Waals surface area (Å²) in [5.41, 5.74) is 3.35. The maximum absolute atomic E-state index is 5.32. The standard InChI is InChI=1S/C14H22O3Si/c1-15-12-9-11(7-8-18(4,5)6)10-13(16-2)14(12)17-3/h7-10H,1-6H3/b8-7+. The summed E-state index contributed by atoms with van der Waals surface area (Å²) in [6, 6.07) is 3.91. The van der Waals surface area contributed by atoms with Crippen LogP contribution in [0.4, 0.5) is 0 Å². The maximum Gasteiger partial charge on any atom is 0.203 e. The first-order valence-electron chi connectivity index (χ1n) is 5.90. The van der Waals surface area contributed by atoms with Gasteiger partial charge < -0.3 is 14.2 Å². The molecule has 0 fully saturated rings. The van der Waals surface area contributed by atoms with Crippen molar-refractivity contribution in [2.45, 2.75) is 19.6 Å². The minimum atomic E-state index is -1.21. The van der Waals surface area contributed by atoms with E-state index in [-0.39, 0.29) is 0 Å². The monoisotopic (exact) mass is 266 g/mol. The Balaban J connectivity index is 3.19. The van der Waals surface area contributed by atoms with E-state index in [1.54, 1.807) is 21.3 Å². The molecule has 0 saturated heterocycles. The summed E-state index contributed by atoms with van der Waals surface area (Å²) in [5.74, 6) is 2.00. The molecule has 1 rings (SSSR count). The first-order chi connectivity index (χ1) is 8.41. The zero-order valence-electron chi connectivity index (χ0n) is 12.0. The average Bonchev–Trinajstić information content (AvgIpc) is 2.33. The predicted octanol–water partition coefficient (Wildman–Crippen LogP) is 3.60. The lowest BCUT2D eigenvalue weighted by Crippen LogP contribution is -2.15. The van der Waals surface area contributed by atoms with Gasteiger partial charge in [-0.05, 0) is 17.7 Å². The molecule has 0 spiro atoms. The van der Waals surface area contributed by atoms with Crippen LogP contribution in [-0.4, -0.2) is 29.4 Å². The molecule has 0 atom stereocenters. The number of methoxy groups -OCH3 is 3. The van der Waals surface area contributed by atoms with Gasteiger partial charge in [-0.2, -0.15) is 0 Å². The number of ether oxygens (including phenoxy) is 3. The van der Waals surface area contributed by atoms with Crippen LogP contribution in [0.15, 0.2) is 17.8 Å². The van der Waals surface area contributed by atoms with Gasteiger partial charge in [-0.15, -0.1) is 0 Å². The van der Waals surface area contributed by atoms with E-state index >= 15 is 0 Å². The lowest BCUT2D eigenvalue weighted by molar-refractivity contribution is 0.324. The minimum absolute atomic E-state index is 0.630. The highest BCUT2D eigenvalue weighted by Crippen LogP contribution is 2.38.